The minimum atomic E-state index is -0.00671. The number of aromatic nitrogens is 1. The molecule has 0 spiro atoms. The molecular formula is C12H19N3O2. The molecule has 1 aromatic rings. The van der Waals surface area contributed by atoms with E-state index in [1.165, 1.54) is 25.7 Å². The van der Waals surface area contributed by atoms with Crippen LogP contribution in [0.2, 0.25) is 0 Å². The Bertz CT molecular complexity index is 370. The Morgan fingerprint density at radius 3 is 2.94 bits per heavy atom. The second-order valence-electron chi connectivity index (χ2n) is 4.50. The van der Waals surface area contributed by atoms with Crippen molar-refractivity contribution in [2.45, 2.75) is 45.2 Å². The van der Waals surface area contributed by atoms with Crippen molar-refractivity contribution in [3.05, 3.63) is 17.8 Å². The number of amides is 1. The molecule has 94 valence electrons. The van der Waals surface area contributed by atoms with Crippen molar-refractivity contribution in [1.82, 2.24) is 15.6 Å². The molecule has 2 N–H and O–H groups in total. The molecule has 1 heterocycles. The van der Waals surface area contributed by atoms with E-state index in [1.54, 1.807) is 6.20 Å². The number of nitrogens with zero attached hydrogens (tertiary/aromatic N) is 1. The maximum absolute atomic E-state index is 11.5. The number of carbonyl (C=O) groups excluding carboxylic acids is 1. The van der Waals surface area contributed by atoms with Crippen molar-refractivity contribution in [3.63, 3.8) is 0 Å². The summed E-state index contributed by atoms with van der Waals surface area (Å²) in [5.41, 5.74) is 0. The highest BCUT2D eigenvalue weighted by Crippen LogP contribution is 2.17. The van der Waals surface area contributed by atoms with Crippen LogP contribution in [0.5, 0.6) is 0 Å². The molecule has 0 radical (unpaired) electrons. The molecule has 2 rings (SSSR count). The van der Waals surface area contributed by atoms with Crippen LogP contribution in [0.4, 0.5) is 0 Å². The van der Waals surface area contributed by atoms with E-state index in [4.69, 9.17) is 4.42 Å². The van der Waals surface area contributed by atoms with Gasteiger partial charge in [-0.25, -0.2) is 4.98 Å². The molecule has 0 saturated heterocycles. The quantitative estimate of drug-likeness (QED) is 0.805. The van der Waals surface area contributed by atoms with Gasteiger partial charge in [0.05, 0.1) is 19.3 Å². The SMILES string of the molecule is Cc1cnc(CNC(=O)CNC2CCCC2)o1. The molecule has 0 aromatic carbocycles. The number of carbonyl (C=O) groups is 1. The van der Waals surface area contributed by atoms with Crippen LogP contribution in [-0.2, 0) is 11.3 Å². The number of hydrogen-bond donors (Lipinski definition) is 2. The molecule has 0 atom stereocenters. The lowest BCUT2D eigenvalue weighted by Crippen LogP contribution is -2.37. The molecule has 5 heteroatoms. The summed E-state index contributed by atoms with van der Waals surface area (Å²) in [4.78, 5) is 15.6. The lowest BCUT2D eigenvalue weighted by Gasteiger charge is -2.10. The minimum Gasteiger partial charge on any atom is -0.444 e. The standard InChI is InChI=1S/C12H19N3O2/c1-9-6-15-12(17-9)8-14-11(16)7-13-10-4-2-3-5-10/h6,10,13H,2-5,7-8H2,1H3,(H,14,16). The van der Waals surface area contributed by atoms with Gasteiger partial charge < -0.3 is 15.1 Å². The van der Waals surface area contributed by atoms with E-state index in [2.05, 4.69) is 15.6 Å². The van der Waals surface area contributed by atoms with E-state index >= 15 is 0 Å². The van der Waals surface area contributed by atoms with Gasteiger partial charge >= 0.3 is 0 Å². The van der Waals surface area contributed by atoms with E-state index in [1.807, 2.05) is 6.92 Å². The van der Waals surface area contributed by atoms with E-state index in [0.717, 1.165) is 5.76 Å². The maximum Gasteiger partial charge on any atom is 0.234 e. The molecule has 0 unspecified atom stereocenters. The first kappa shape index (κ1) is 12.1. The van der Waals surface area contributed by atoms with Crippen molar-refractivity contribution in [2.75, 3.05) is 6.54 Å². The van der Waals surface area contributed by atoms with Crippen molar-refractivity contribution in [3.8, 4) is 0 Å². The summed E-state index contributed by atoms with van der Waals surface area (Å²) in [5.74, 6) is 1.31. The fraction of sp³-hybridized carbons (Fsp3) is 0.667. The van der Waals surface area contributed by atoms with Gasteiger partial charge in [-0.2, -0.15) is 0 Å². The smallest absolute Gasteiger partial charge is 0.234 e. The first-order valence-corrected chi connectivity index (χ1v) is 6.15. The van der Waals surface area contributed by atoms with Gasteiger partial charge in [0.25, 0.3) is 0 Å². The van der Waals surface area contributed by atoms with Crippen LogP contribution in [0.3, 0.4) is 0 Å². The van der Waals surface area contributed by atoms with E-state index in [9.17, 15) is 4.79 Å². The van der Waals surface area contributed by atoms with Gasteiger partial charge in [0.15, 0.2) is 0 Å². The zero-order chi connectivity index (χ0) is 12.1. The molecule has 1 aliphatic carbocycles. The predicted molar refractivity (Wildman–Crippen MR) is 63.3 cm³/mol. The predicted octanol–water partition coefficient (Wildman–Crippen LogP) is 1.13. The normalized spacial score (nSPS) is 16.3. The van der Waals surface area contributed by atoms with Gasteiger partial charge in [0, 0.05) is 6.04 Å². The van der Waals surface area contributed by atoms with E-state index in [0.29, 0.717) is 25.0 Å². The molecular weight excluding hydrogens is 218 g/mol. The monoisotopic (exact) mass is 237 g/mol. The minimum absolute atomic E-state index is 0.00671. The summed E-state index contributed by atoms with van der Waals surface area (Å²) in [7, 11) is 0. The fourth-order valence-corrected chi connectivity index (χ4v) is 2.09. The van der Waals surface area contributed by atoms with Crippen LogP contribution in [-0.4, -0.2) is 23.5 Å². The van der Waals surface area contributed by atoms with Crippen molar-refractivity contribution in [2.24, 2.45) is 0 Å². The third-order valence-corrected chi connectivity index (χ3v) is 3.01. The molecule has 1 aliphatic rings. The molecule has 1 aromatic heterocycles. The Kier molecular flexibility index (Phi) is 4.14. The Morgan fingerprint density at radius 2 is 2.29 bits per heavy atom. The van der Waals surface area contributed by atoms with Gasteiger partial charge in [-0.05, 0) is 19.8 Å². The number of aryl methyl sites for hydroxylation is 1. The molecule has 1 amide bonds. The lowest BCUT2D eigenvalue weighted by atomic mass is 10.2. The summed E-state index contributed by atoms with van der Waals surface area (Å²) < 4.78 is 5.27. The Labute approximate surface area is 101 Å². The van der Waals surface area contributed by atoms with Gasteiger partial charge in [-0.1, -0.05) is 12.8 Å². The average Bonchev–Trinajstić information content (AvgIpc) is 2.95. The Balaban J connectivity index is 1.63. The second kappa shape index (κ2) is 5.82. The zero-order valence-corrected chi connectivity index (χ0v) is 10.2. The Morgan fingerprint density at radius 1 is 1.53 bits per heavy atom. The largest absolute Gasteiger partial charge is 0.444 e. The van der Waals surface area contributed by atoms with Crippen LogP contribution in [0.25, 0.3) is 0 Å². The summed E-state index contributed by atoms with van der Waals surface area (Å²) in [5, 5.41) is 6.04. The van der Waals surface area contributed by atoms with Crippen molar-refractivity contribution < 1.29 is 9.21 Å². The van der Waals surface area contributed by atoms with Gasteiger partial charge in [0.1, 0.15) is 5.76 Å². The first-order valence-electron chi connectivity index (χ1n) is 6.15. The summed E-state index contributed by atoms with van der Waals surface area (Å²) in [6.07, 6.45) is 6.57. The van der Waals surface area contributed by atoms with Crippen molar-refractivity contribution >= 4 is 5.91 Å². The van der Waals surface area contributed by atoms with Crippen LogP contribution >= 0.6 is 0 Å². The Hall–Kier alpha value is -1.36. The second-order valence-corrected chi connectivity index (χ2v) is 4.50. The molecule has 1 saturated carbocycles. The highest BCUT2D eigenvalue weighted by atomic mass is 16.4. The van der Waals surface area contributed by atoms with E-state index < -0.39 is 0 Å². The van der Waals surface area contributed by atoms with Crippen LogP contribution < -0.4 is 10.6 Å². The number of oxazole rings is 1. The van der Waals surface area contributed by atoms with Gasteiger partial charge in [-0.15, -0.1) is 0 Å². The molecule has 17 heavy (non-hydrogen) atoms. The van der Waals surface area contributed by atoms with Crippen LogP contribution in [0.15, 0.2) is 10.6 Å². The van der Waals surface area contributed by atoms with Crippen LogP contribution in [0.1, 0.15) is 37.3 Å². The van der Waals surface area contributed by atoms with Crippen molar-refractivity contribution in [1.29, 1.82) is 0 Å². The van der Waals surface area contributed by atoms with E-state index in [-0.39, 0.29) is 5.91 Å². The molecule has 0 aliphatic heterocycles. The molecule has 5 nitrogen and oxygen atoms in total. The number of nitrogens with one attached hydrogen (secondary N) is 2. The topological polar surface area (TPSA) is 67.2 Å². The average molecular weight is 237 g/mol. The summed E-state index contributed by atoms with van der Waals surface area (Å²) in [6, 6.07) is 0.518. The lowest BCUT2D eigenvalue weighted by molar-refractivity contribution is -0.120. The summed E-state index contributed by atoms with van der Waals surface area (Å²) >= 11 is 0. The van der Waals surface area contributed by atoms with Gasteiger partial charge in [0.2, 0.25) is 11.8 Å². The van der Waals surface area contributed by atoms with Gasteiger partial charge in [-0.3, -0.25) is 4.79 Å². The highest BCUT2D eigenvalue weighted by Gasteiger charge is 2.15. The highest BCUT2D eigenvalue weighted by molar-refractivity contribution is 5.77. The molecule has 1 fully saturated rings. The third kappa shape index (κ3) is 3.85. The van der Waals surface area contributed by atoms with Crippen LogP contribution in [0, 0.1) is 6.92 Å². The first-order chi connectivity index (χ1) is 8.24. The number of hydrogen-bond acceptors (Lipinski definition) is 4. The third-order valence-electron chi connectivity index (χ3n) is 3.01. The maximum atomic E-state index is 11.5. The zero-order valence-electron chi connectivity index (χ0n) is 10.2. The number of rotatable bonds is 5. The molecule has 0 bridgehead atoms. The summed E-state index contributed by atoms with van der Waals surface area (Å²) in [6.45, 7) is 2.57. The fourth-order valence-electron chi connectivity index (χ4n) is 2.09.